The highest BCUT2D eigenvalue weighted by atomic mass is 19.1. The van der Waals surface area contributed by atoms with Crippen molar-refractivity contribution >= 4 is 5.82 Å². The number of aryl methyl sites for hydroxylation is 1. The van der Waals surface area contributed by atoms with Crippen LogP contribution in [0.25, 0.3) is 0 Å². The summed E-state index contributed by atoms with van der Waals surface area (Å²) in [6.45, 7) is 1.85. The summed E-state index contributed by atoms with van der Waals surface area (Å²) in [6.07, 6.45) is 0. The second kappa shape index (κ2) is 5.31. The van der Waals surface area contributed by atoms with Gasteiger partial charge < -0.3 is 10.3 Å². The van der Waals surface area contributed by atoms with E-state index in [1.165, 1.54) is 24.3 Å². The Kier molecular flexibility index (Phi) is 3.57. The summed E-state index contributed by atoms with van der Waals surface area (Å²) >= 11 is 0. The maximum absolute atomic E-state index is 13.6. The minimum Gasteiger partial charge on any atom is -0.366 e. The molecular formula is C13H11FN4O. The molecule has 0 amide bonds. The zero-order valence-corrected chi connectivity index (χ0v) is 10.2. The molecule has 2 aromatic rings. The van der Waals surface area contributed by atoms with E-state index in [-0.39, 0.29) is 17.7 Å². The Morgan fingerprint density at radius 1 is 1.47 bits per heavy atom. The number of nitriles is 1. The van der Waals surface area contributed by atoms with Crippen molar-refractivity contribution in [1.82, 2.24) is 9.97 Å². The van der Waals surface area contributed by atoms with Gasteiger partial charge >= 0.3 is 0 Å². The molecule has 1 heterocycles. The van der Waals surface area contributed by atoms with E-state index in [9.17, 15) is 9.18 Å². The number of nitrogens with one attached hydrogen (secondary N) is 2. The van der Waals surface area contributed by atoms with E-state index in [1.807, 2.05) is 6.07 Å². The quantitative estimate of drug-likeness (QED) is 0.878. The molecule has 96 valence electrons. The van der Waals surface area contributed by atoms with Crippen LogP contribution in [0.15, 0.2) is 29.1 Å². The van der Waals surface area contributed by atoms with E-state index in [0.29, 0.717) is 17.2 Å². The highest BCUT2D eigenvalue weighted by Crippen LogP contribution is 2.11. The number of hydrogen-bond donors (Lipinski definition) is 2. The number of aromatic amines is 1. The van der Waals surface area contributed by atoms with Crippen LogP contribution in [0, 0.1) is 24.1 Å². The van der Waals surface area contributed by atoms with Gasteiger partial charge in [0.15, 0.2) is 0 Å². The van der Waals surface area contributed by atoms with Crippen molar-refractivity contribution in [2.45, 2.75) is 13.5 Å². The summed E-state index contributed by atoms with van der Waals surface area (Å²) in [5.74, 6) is 0.397. The molecule has 0 fully saturated rings. The number of H-pyrrole nitrogens is 1. The van der Waals surface area contributed by atoms with Gasteiger partial charge in [0.2, 0.25) is 0 Å². The first-order valence-corrected chi connectivity index (χ1v) is 5.59. The summed E-state index contributed by atoms with van der Waals surface area (Å²) in [5, 5.41) is 11.5. The van der Waals surface area contributed by atoms with E-state index >= 15 is 0 Å². The molecule has 0 atom stereocenters. The average Bonchev–Trinajstić information content (AvgIpc) is 2.36. The molecular weight excluding hydrogens is 247 g/mol. The van der Waals surface area contributed by atoms with Gasteiger partial charge in [-0.05, 0) is 19.1 Å². The number of nitrogens with zero attached hydrogens (tertiary/aromatic N) is 2. The third-order valence-corrected chi connectivity index (χ3v) is 2.50. The molecule has 1 aromatic carbocycles. The Morgan fingerprint density at radius 3 is 2.89 bits per heavy atom. The van der Waals surface area contributed by atoms with Crippen molar-refractivity contribution in [2.75, 3.05) is 5.32 Å². The average molecular weight is 258 g/mol. The smallest absolute Gasteiger partial charge is 0.252 e. The van der Waals surface area contributed by atoms with Crippen molar-refractivity contribution < 1.29 is 4.39 Å². The summed E-state index contributed by atoms with van der Waals surface area (Å²) in [6, 6.07) is 7.41. The van der Waals surface area contributed by atoms with Gasteiger partial charge in [-0.15, -0.1) is 0 Å². The summed E-state index contributed by atoms with van der Waals surface area (Å²) in [5.41, 5.74) is 0.403. The van der Waals surface area contributed by atoms with Crippen molar-refractivity contribution in [2.24, 2.45) is 0 Å². The fourth-order valence-electron chi connectivity index (χ4n) is 1.62. The molecule has 0 aliphatic heterocycles. The van der Waals surface area contributed by atoms with Crippen LogP contribution in [0.4, 0.5) is 10.2 Å². The Labute approximate surface area is 108 Å². The van der Waals surface area contributed by atoms with Crippen LogP contribution in [-0.2, 0) is 6.54 Å². The fraction of sp³-hybridized carbons (Fsp3) is 0.154. The molecule has 0 saturated heterocycles. The zero-order chi connectivity index (χ0) is 13.8. The number of benzene rings is 1. The van der Waals surface area contributed by atoms with Gasteiger partial charge in [-0.2, -0.15) is 5.26 Å². The molecule has 0 saturated carbocycles. The zero-order valence-electron chi connectivity index (χ0n) is 10.2. The normalized spacial score (nSPS) is 9.95. The summed E-state index contributed by atoms with van der Waals surface area (Å²) < 4.78 is 13.6. The Balaban J connectivity index is 2.15. The van der Waals surface area contributed by atoms with E-state index in [4.69, 9.17) is 5.26 Å². The monoisotopic (exact) mass is 258 g/mol. The molecule has 0 unspecified atom stereocenters. The lowest BCUT2D eigenvalue weighted by Crippen LogP contribution is -2.12. The molecule has 1 aromatic heterocycles. The minimum atomic E-state index is -0.465. The third-order valence-electron chi connectivity index (χ3n) is 2.50. The van der Waals surface area contributed by atoms with Crippen LogP contribution in [0.1, 0.15) is 17.0 Å². The lowest BCUT2D eigenvalue weighted by atomic mass is 10.1. The van der Waals surface area contributed by atoms with Crippen LogP contribution in [0.2, 0.25) is 0 Å². The molecule has 0 spiro atoms. The Morgan fingerprint density at radius 2 is 2.26 bits per heavy atom. The summed E-state index contributed by atoms with van der Waals surface area (Å²) in [7, 11) is 0. The van der Waals surface area contributed by atoms with Crippen LogP contribution < -0.4 is 10.9 Å². The van der Waals surface area contributed by atoms with Gasteiger partial charge in [0.1, 0.15) is 17.5 Å². The maximum Gasteiger partial charge on any atom is 0.252 e. The number of halogens is 1. The third kappa shape index (κ3) is 3.16. The number of aromatic nitrogens is 2. The van der Waals surface area contributed by atoms with E-state index in [1.54, 1.807) is 6.92 Å². The molecule has 0 aliphatic carbocycles. The highest BCUT2D eigenvalue weighted by molar-refractivity contribution is 5.37. The van der Waals surface area contributed by atoms with Gasteiger partial charge in [-0.1, -0.05) is 6.07 Å². The predicted octanol–water partition coefficient (Wildman–Crippen LogP) is 1.70. The van der Waals surface area contributed by atoms with Crippen molar-refractivity contribution in [3.63, 3.8) is 0 Å². The fourth-order valence-corrected chi connectivity index (χ4v) is 1.62. The van der Waals surface area contributed by atoms with Crippen LogP contribution in [0.5, 0.6) is 0 Å². The largest absolute Gasteiger partial charge is 0.366 e. The summed E-state index contributed by atoms with van der Waals surface area (Å²) in [4.78, 5) is 17.8. The Hall–Kier alpha value is -2.68. The molecule has 0 radical (unpaired) electrons. The molecule has 5 nitrogen and oxygen atoms in total. The lowest BCUT2D eigenvalue weighted by molar-refractivity contribution is 0.612. The first-order chi connectivity index (χ1) is 9.08. The molecule has 6 heteroatoms. The van der Waals surface area contributed by atoms with E-state index in [0.717, 1.165) is 0 Å². The standard InChI is InChI=1S/C13H11FN4O/c1-8-17-12(5-13(19)18-8)16-7-10-3-2-9(6-15)4-11(10)14/h2-5H,7H2,1H3,(H2,16,17,18,19). The van der Waals surface area contributed by atoms with Gasteiger partial charge in [0.25, 0.3) is 5.56 Å². The molecule has 19 heavy (non-hydrogen) atoms. The van der Waals surface area contributed by atoms with Gasteiger partial charge in [0.05, 0.1) is 11.6 Å². The van der Waals surface area contributed by atoms with Gasteiger partial charge in [-0.3, -0.25) is 4.79 Å². The topological polar surface area (TPSA) is 81.6 Å². The van der Waals surface area contributed by atoms with Crippen molar-refractivity contribution in [3.05, 3.63) is 57.4 Å². The molecule has 2 N–H and O–H groups in total. The van der Waals surface area contributed by atoms with Crippen LogP contribution >= 0.6 is 0 Å². The number of hydrogen-bond acceptors (Lipinski definition) is 4. The highest BCUT2D eigenvalue weighted by Gasteiger charge is 2.04. The van der Waals surface area contributed by atoms with Crippen LogP contribution in [-0.4, -0.2) is 9.97 Å². The molecule has 2 rings (SSSR count). The molecule has 0 bridgehead atoms. The number of rotatable bonds is 3. The van der Waals surface area contributed by atoms with E-state index < -0.39 is 5.82 Å². The first kappa shape index (κ1) is 12.8. The van der Waals surface area contributed by atoms with Gasteiger partial charge in [-0.25, -0.2) is 9.37 Å². The maximum atomic E-state index is 13.6. The van der Waals surface area contributed by atoms with Crippen molar-refractivity contribution in [1.29, 1.82) is 5.26 Å². The van der Waals surface area contributed by atoms with E-state index in [2.05, 4.69) is 15.3 Å². The van der Waals surface area contributed by atoms with Gasteiger partial charge in [0, 0.05) is 18.2 Å². The van der Waals surface area contributed by atoms with Crippen molar-refractivity contribution in [3.8, 4) is 6.07 Å². The Bertz CT molecular complexity index is 703. The molecule has 0 aliphatic rings. The number of anilines is 1. The predicted molar refractivity (Wildman–Crippen MR) is 68.0 cm³/mol. The second-order valence-corrected chi connectivity index (χ2v) is 3.99. The van der Waals surface area contributed by atoms with Crippen LogP contribution in [0.3, 0.4) is 0 Å². The lowest BCUT2D eigenvalue weighted by Gasteiger charge is -2.07. The first-order valence-electron chi connectivity index (χ1n) is 5.59. The second-order valence-electron chi connectivity index (χ2n) is 3.99. The minimum absolute atomic E-state index is 0.188. The SMILES string of the molecule is Cc1nc(NCc2ccc(C#N)cc2F)cc(=O)[nH]1.